The van der Waals surface area contributed by atoms with Gasteiger partial charge in [0.1, 0.15) is 18.0 Å². The highest BCUT2D eigenvalue weighted by Crippen LogP contribution is 2.17. The van der Waals surface area contributed by atoms with E-state index < -0.39 is 41.8 Å². The van der Waals surface area contributed by atoms with E-state index in [-0.39, 0.29) is 12.1 Å². The Morgan fingerprint density at radius 3 is 2.45 bits per heavy atom. The van der Waals surface area contributed by atoms with Gasteiger partial charge in [0.15, 0.2) is 0 Å². The number of anilines is 1. The number of hydrogen-bond acceptors (Lipinski definition) is 5. The molecule has 2 amide bonds. The van der Waals surface area contributed by atoms with E-state index in [1.807, 2.05) is 30.3 Å². The number of carboxylic acid groups (broad SMARTS) is 1. The molecule has 0 aliphatic carbocycles. The van der Waals surface area contributed by atoms with Gasteiger partial charge in [-0.3, -0.25) is 19.2 Å². The molecule has 2 atom stereocenters. The third-order valence-corrected chi connectivity index (χ3v) is 5.15. The third-order valence-electron chi connectivity index (χ3n) is 5.15. The minimum absolute atomic E-state index is 0.0145. The van der Waals surface area contributed by atoms with E-state index in [4.69, 9.17) is 5.11 Å². The molecule has 1 heterocycles. The molecule has 0 saturated heterocycles. The zero-order valence-corrected chi connectivity index (χ0v) is 17.9. The van der Waals surface area contributed by atoms with Crippen molar-refractivity contribution in [3.05, 3.63) is 76.7 Å². The van der Waals surface area contributed by atoms with Gasteiger partial charge < -0.3 is 25.1 Å². The number of hydrogen-bond donors (Lipinski definition) is 3. The van der Waals surface area contributed by atoms with Gasteiger partial charge in [-0.05, 0) is 41.5 Å². The Kier molecular flexibility index (Phi) is 7.34. The summed E-state index contributed by atoms with van der Waals surface area (Å²) in [5.74, 6) is -2.39. The van der Waals surface area contributed by atoms with Crippen LogP contribution in [0.1, 0.15) is 36.2 Å². The Morgan fingerprint density at radius 1 is 1.06 bits per heavy atom. The number of amides is 2. The smallest absolute Gasteiger partial charge is 0.305 e. The molecule has 33 heavy (non-hydrogen) atoms. The van der Waals surface area contributed by atoms with E-state index in [0.29, 0.717) is 11.8 Å². The van der Waals surface area contributed by atoms with Gasteiger partial charge in [-0.2, -0.15) is 0 Å². The van der Waals surface area contributed by atoms with Crippen molar-refractivity contribution in [2.45, 2.75) is 31.8 Å². The molecular formula is C24H23N3O6. The molecule has 0 aliphatic rings. The SMILES string of the molecule is CCC(C(=O)N[C@H](C=O)CC(=O)O)n1cccc(NC(=O)c2ccc3ccccc3c2)c1=O. The van der Waals surface area contributed by atoms with E-state index in [2.05, 4.69) is 10.6 Å². The first kappa shape index (κ1) is 23.4. The molecule has 0 saturated carbocycles. The fraction of sp³-hybridized carbons (Fsp3) is 0.208. The summed E-state index contributed by atoms with van der Waals surface area (Å²) in [6, 6.07) is 13.5. The summed E-state index contributed by atoms with van der Waals surface area (Å²) >= 11 is 0. The quantitative estimate of drug-likeness (QED) is 0.429. The highest BCUT2D eigenvalue weighted by molar-refractivity contribution is 6.06. The summed E-state index contributed by atoms with van der Waals surface area (Å²) in [5, 5.41) is 15.6. The van der Waals surface area contributed by atoms with Crippen LogP contribution in [0.25, 0.3) is 10.8 Å². The lowest BCUT2D eigenvalue weighted by atomic mass is 10.1. The predicted octanol–water partition coefficient (Wildman–Crippen LogP) is 2.36. The van der Waals surface area contributed by atoms with Crippen LogP contribution in [0.5, 0.6) is 0 Å². The molecule has 3 N–H and O–H groups in total. The van der Waals surface area contributed by atoms with E-state index >= 15 is 0 Å². The lowest BCUT2D eigenvalue weighted by molar-refractivity contribution is -0.139. The highest BCUT2D eigenvalue weighted by atomic mass is 16.4. The standard InChI is InChI=1S/C24H23N3O6/c1-2-20(23(32)25-18(14-28)13-21(29)30)27-11-5-8-19(24(27)33)26-22(31)17-10-9-15-6-3-4-7-16(15)12-17/h3-12,14,18,20H,2,13H2,1H3,(H,25,32)(H,26,31)(H,29,30)/t18-,20?/m0/s1. The van der Waals surface area contributed by atoms with Crippen molar-refractivity contribution in [2.24, 2.45) is 0 Å². The van der Waals surface area contributed by atoms with Crippen LogP contribution in [0.3, 0.4) is 0 Å². The van der Waals surface area contributed by atoms with Gasteiger partial charge in [-0.1, -0.05) is 37.3 Å². The van der Waals surface area contributed by atoms with E-state index in [1.54, 1.807) is 19.1 Å². The second-order valence-electron chi connectivity index (χ2n) is 7.42. The lowest BCUT2D eigenvalue weighted by Gasteiger charge is -2.20. The van der Waals surface area contributed by atoms with Crippen molar-refractivity contribution < 1.29 is 24.3 Å². The number of benzene rings is 2. The number of nitrogens with zero attached hydrogens (tertiary/aromatic N) is 1. The molecule has 9 heteroatoms. The first-order chi connectivity index (χ1) is 15.8. The zero-order chi connectivity index (χ0) is 24.0. The number of aromatic nitrogens is 1. The van der Waals surface area contributed by atoms with Crippen LogP contribution in [-0.2, 0) is 14.4 Å². The van der Waals surface area contributed by atoms with E-state index in [9.17, 15) is 24.0 Å². The fourth-order valence-electron chi connectivity index (χ4n) is 3.48. The highest BCUT2D eigenvalue weighted by Gasteiger charge is 2.24. The van der Waals surface area contributed by atoms with Crippen LogP contribution in [0, 0.1) is 0 Å². The van der Waals surface area contributed by atoms with Gasteiger partial charge in [0.25, 0.3) is 11.5 Å². The topological polar surface area (TPSA) is 135 Å². The Morgan fingerprint density at radius 2 is 1.79 bits per heavy atom. The summed E-state index contributed by atoms with van der Waals surface area (Å²) in [7, 11) is 0. The Bertz CT molecular complexity index is 1270. The molecule has 1 unspecified atom stereocenters. The van der Waals surface area contributed by atoms with Crippen molar-refractivity contribution in [3.63, 3.8) is 0 Å². The van der Waals surface area contributed by atoms with Crippen LogP contribution in [0.2, 0.25) is 0 Å². The molecular weight excluding hydrogens is 426 g/mol. The molecule has 170 valence electrons. The molecule has 3 rings (SSSR count). The predicted molar refractivity (Wildman–Crippen MR) is 122 cm³/mol. The Labute approximate surface area is 189 Å². The monoisotopic (exact) mass is 449 g/mol. The molecule has 1 aromatic heterocycles. The van der Waals surface area contributed by atoms with Crippen molar-refractivity contribution in [1.82, 2.24) is 9.88 Å². The van der Waals surface area contributed by atoms with Gasteiger partial charge in [-0.15, -0.1) is 0 Å². The summed E-state index contributed by atoms with van der Waals surface area (Å²) in [6.45, 7) is 1.67. The van der Waals surface area contributed by atoms with Crippen molar-refractivity contribution in [3.8, 4) is 0 Å². The molecule has 0 fully saturated rings. The van der Waals surface area contributed by atoms with Crippen molar-refractivity contribution in [1.29, 1.82) is 0 Å². The molecule has 0 aliphatic heterocycles. The van der Waals surface area contributed by atoms with Crippen LogP contribution >= 0.6 is 0 Å². The zero-order valence-electron chi connectivity index (χ0n) is 17.9. The second-order valence-corrected chi connectivity index (χ2v) is 7.42. The summed E-state index contributed by atoms with van der Waals surface area (Å²) in [6.07, 6.45) is 1.37. The van der Waals surface area contributed by atoms with Gasteiger partial charge in [0.05, 0.1) is 12.5 Å². The third kappa shape index (κ3) is 5.51. The van der Waals surface area contributed by atoms with Crippen LogP contribution in [0.15, 0.2) is 65.6 Å². The average Bonchev–Trinajstić information content (AvgIpc) is 2.80. The largest absolute Gasteiger partial charge is 0.481 e. The second kappa shape index (κ2) is 10.4. The Hall–Kier alpha value is -4.27. The summed E-state index contributed by atoms with van der Waals surface area (Å²) < 4.78 is 1.15. The van der Waals surface area contributed by atoms with E-state index in [0.717, 1.165) is 15.3 Å². The molecule has 0 radical (unpaired) electrons. The van der Waals surface area contributed by atoms with E-state index in [1.165, 1.54) is 18.3 Å². The summed E-state index contributed by atoms with van der Waals surface area (Å²) in [5.41, 5.74) is -0.246. The number of aldehydes is 1. The van der Waals surface area contributed by atoms with Gasteiger partial charge in [-0.25, -0.2) is 0 Å². The fourth-order valence-corrected chi connectivity index (χ4v) is 3.48. The number of carboxylic acids is 1. The number of fused-ring (bicyclic) bond motifs is 1. The minimum Gasteiger partial charge on any atom is -0.481 e. The number of nitrogens with one attached hydrogen (secondary N) is 2. The molecule has 9 nitrogen and oxygen atoms in total. The maximum atomic E-state index is 13.0. The first-order valence-electron chi connectivity index (χ1n) is 10.3. The average molecular weight is 449 g/mol. The van der Waals surface area contributed by atoms with Crippen LogP contribution < -0.4 is 16.2 Å². The summed E-state index contributed by atoms with van der Waals surface area (Å²) in [4.78, 5) is 60.3. The molecule has 0 bridgehead atoms. The first-order valence-corrected chi connectivity index (χ1v) is 10.3. The minimum atomic E-state index is -1.24. The van der Waals surface area contributed by atoms with Crippen LogP contribution in [-0.4, -0.2) is 39.8 Å². The van der Waals surface area contributed by atoms with Crippen molar-refractivity contribution >= 4 is 40.5 Å². The molecule has 2 aromatic carbocycles. The van der Waals surface area contributed by atoms with Gasteiger partial charge >= 0.3 is 5.97 Å². The normalized spacial score (nSPS) is 12.5. The number of carbonyl (C=O) groups is 4. The maximum Gasteiger partial charge on any atom is 0.305 e. The van der Waals surface area contributed by atoms with Crippen molar-refractivity contribution in [2.75, 3.05) is 5.32 Å². The molecule has 0 spiro atoms. The van der Waals surface area contributed by atoms with Gasteiger partial charge in [0.2, 0.25) is 5.91 Å². The number of rotatable bonds is 9. The maximum absolute atomic E-state index is 13.0. The number of aliphatic carboxylic acids is 1. The number of carbonyl (C=O) groups excluding carboxylic acids is 3. The molecule has 3 aromatic rings. The number of pyridine rings is 1. The van der Waals surface area contributed by atoms with Gasteiger partial charge in [0, 0.05) is 11.8 Å². The van der Waals surface area contributed by atoms with Crippen LogP contribution in [0.4, 0.5) is 5.69 Å². The Balaban J connectivity index is 1.82. The lowest BCUT2D eigenvalue weighted by Crippen LogP contribution is -2.43.